The maximum absolute atomic E-state index is 13.6. The number of nitriles is 1. The van der Waals surface area contributed by atoms with Crippen LogP contribution in [-0.4, -0.2) is 50.0 Å². The predicted octanol–water partition coefficient (Wildman–Crippen LogP) is 5.15. The second-order valence-electron chi connectivity index (χ2n) is 10.6. The molecule has 11 heteroatoms. The Morgan fingerprint density at radius 2 is 1.89 bits per heavy atom. The van der Waals surface area contributed by atoms with Gasteiger partial charge in [-0.05, 0) is 62.6 Å². The molecule has 0 radical (unpaired) electrons. The third-order valence-corrected chi connectivity index (χ3v) is 8.30. The fourth-order valence-corrected chi connectivity index (χ4v) is 6.18. The predicted molar refractivity (Wildman–Crippen MR) is 131 cm³/mol. The van der Waals surface area contributed by atoms with E-state index < -0.39 is 12.2 Å². The zero-order chi connectivity index (χ0) is 26.1. The van der Waals surface area contributed by atoms with E-state index in [1.807, 2.05) is 29.7 Å². The topological polar surface area (TPSA) is 73.9 Å². The van der Waals surface area contributed by atoms with E-state index in [0.29, 0.717) is 16.4 Å². The summed E-state index contributed by atoms with van der Waals surface area (Å²) in [7, 11) is 0. The SMILES string of the molecule is Cc1nc(N2CC3(CC(c4nnc5n4-c4ccc(Cl)cc4CN(C(C)C(F)(F)F)C5)C3)C2)ccc1C#N. The van der Waals surface area contributed by atoms with Crippen molar-refractivity contribution in [3.05, 3.63) is 63.8 Å². The lowest BCUT2D eigenvalue weighted by molar-refractivity contribution is -0.182. The molecule has 1 spiro atoms. The van der Waals surface area contributed by atoms with Gasteiger partial charge in [-0.2, -0.15) is 18.4 Å². The minimum atomic E-state index is -4.35. The average molecular weight is 528 g/mol. The van der Waals surface area contributed by atoms with Crippen molar-refractivity contribution in [3.63, 3.8) is 0 Å². The number of aromatic nitrogens is 4. The molecule has 192 valence electrons. The fourth-order valence-electron chi connectivity index (χ4n) is 5.99. The molecule has 1 aliphatic carbocycles. The molecular weight excluding hydrogens is 503 g/mol. The van der Waals surface area contributed by atoms with Gasteiger partial charge < -0.3 is 4.90 Å². The van der Waals surface area contributed by atoms with Gasteiger partial charge in [0, 0.05) is 36.0 Å². The molecule has 1 saturated heterocycles. The fraction of sp³-hybridized carbons (Fsp3) is 0.462. The number of benzene rings is 1. The first kappa shape index (κ1) is 24.2. The monoisotopic (exact) mass is 527 g/mol. The van der Waals surface area contributed by atoms with Crippen LogP contribution in [-0.2, 0) is 13.1 Å². The van der Waals surface area contributed by atoms with Crippen molar-refractivity contribution < 1.29 is 13.2 Å². The first-order chi connectivity index (χ1) is 17.6. The Bertz CT molecular complexity index is 1410. The lowest BCUT2D eigenvalue weighted by Crippen LogP contribution is -2.62. The van der Waals surface area contributed by atoms with Crippen molar-refractivity contribution in [1.82, 2.24) is 24.6 Å². The molecule has 2 fully saturated rings. The van der Waals surface area contributed by atoms with Gasteiger partial charge in [-0.3, -0.25) is 9.47 Å². The number of anilines is 1. The Morgan fingerprint density at radius 1 is 1.14 bits per heavy atom. The molecule has 1 atom stereocenters. The normalized spacial score (nSPS) is 19.9. The van der Waals surface area contributed by atoms with E-state index in [9.17, 15) is 13.2 Å². The first-order valence-corrected chi connectivity index (χ1v) is 12.6. The minimum absolute atomic E-state index is 0.0509. The summed E-state index contributed by atoms with van der Waals surface area (Å²) in [5.41, 5.74) is 3.01. The summed E-state index contributed by atoms with van der Waals surface area (Å²) in [6.07, 6.45) is -2.49. The Balaban J connectivity index is 1.23. The zero-order valence-electron chi connectivity index (χ0n) is 20.4. The van der Waals surface area contributed by atoms with Crippen molar-refractivity contribution in [2.24, 2.45) is 5.41 Å². The van der Waals surface area contributed by atoms with E-state index >= 15 is 0 Å². The number of hydrogen-bond donors (Lipinski definition) is 0. The molecule has 6 rings (SSSR count). The first-order valence-electron chi connectivity index (χ1n) is 12.2. The lowest BCUT2D eigenvalue weighted by Gasteiger charge is -2.59. The van der Waals surface area contributed by atoms with E-state index in [-0.39, 0.29) is 24.4 Å². The van der Waals surface area contributed by atoms with Gasteiger partial charge in [0.2, 0.25) is 0 Å². The van der Waals surface area contributed by atoms with Crippen molar-refractivity contribution >= 4 is 17.4 Å². The molecule has 0 amide bonds. The average Bonchev–Trinajstić information content (AvgIpc) is 3.11. The largest absolute Gasteiger partial charge is 0.403 e. The number of rotatable bonds is 3. The molecule has 3 aliphatic rings. The van der Waals surface area contributed by atoms with Gasteiger partial charge in [0.25, 0.3) is 0 Å². The third-order valence-electron chi connectivity index (χ3n) is 8.07. The molecule has 2 aromatic heterocycles. The highest BCUT2D eigenvalue weighted by Crippen LogP contribution is 2.56. The summed E-state index contributed by atoms with van der Waals surface area (Å²) in [5.74, 6) is 2.37. The maximum atomic E-state index is 13.6. The lowest BCUT2D eigenvalue weighted by atomic mass is 9.57. The number of alkyl halides is 3. The van der Waals surface area contributed by atoms with Crippen LogP contribution in [0.15, 0.2) is 30.3 Å². The number of halogens is 4. The van der Waals surface area contributed by atoms with Crippen molar-refractivity contribution in [2.45, 2.75) is 57.9 Å². The Morgan fingerprint density at radius 3 is 2.57 bits per heavy atom. The Labute approximate surface area is 217 Å². The molecule has 1 saturated carbocycles. The molecule has 3 aromatic rings. The van der Waals surface area contributed by atoms with Gasteiger partial charge in [0.15, 0.2) is 5.82 Å². The molecule has 0 N–H and O–H groups in total. The second kappa shape index (κ2) is 8.43. The highest BCUT2D eigenvalue weighted by molar-refractivity contribution is 6.30. The molecule has 37 heavy (non-hydrogen) atoms. The highest BCUT2D eigenvalue weighted by Gasteiger charge is 2.54. The van der Waals surface area contributed by atoms with Crippen LogP contribution in [0.4, 0.5) is 19.0 Å². The van der Waals surface area contributed by atoms with Gasteiger partial charge in [0.1, 0.15) is 23.8 Å². The third kappa shape index (κ3) is 4.05. The van der Waals surface area contributed by atoms with Gasteiger partial charge >= 0.3 is 6.18 Å². The quantitative estimate of drug-likeness (QED) is 0.469. The van der Waals surface area contributed by atoms with Gasteiger partial charge in [0.05, 0.1) is 23.5 Å². The van der Waals surface area contributed by atoms with E-state index in [1.165, 1.54) is 11.8 Å². The van der Waals surface area contributed by atoms with Crippen LogP contribution in [0.25, 0.3) is 5.69 Å². The Kier molecular flexibility index (Phi) is 5.51. The van der Waals surface area contributed by atoms with Crippen molar-refractivity contribution in [2.75, 3.05) is 18.0 Å². The standard InChI is InChI=1S/C26H25ClF3N7/c1-15-17(10-31)3-6-22(32-15)36-13-25(14-36)8-19(9-25)24-34-33-23-12-35(16(2)26(28,29)30)11-18-7-20(27)4-5-21(18)37(23)24/h3-7,16,19H,8-9,11-14H2,1-2H3. The van der Waals surface area contributed by atoms with E-state index in [2.05, 4.69) is 26.2 Å². The summed E-state index contributed by atoms with van der Waals surface area (Å²) >= 11 is 6.24. The molecule has 1 unspecified atom stereocenters. The van der Waals surface area contributed by atoms with E-state index in [0.717, 1.165) is 54.5 Å². The smallest absolute Gasteiger partial charge is 0.355 e. The second-order valence-corrected chi connectivity index (χ2v) is 11.0. The van der Waals surface area contributed by atoms with Gasteiger partial charge in [-0.25, -0.2) is 4.98 Å². The van der Waals surface area contributed by atoms with E-state index in [1.54, 1.807) is 12.1 Å². The van der Waals surface area contributed by atoms with Crippen LogP contribution in [0, 0.1) is 23.7 Å². The summed E-state index contributed by atoms with van der Waals surface area (Å²) in [6, 6.07) is 9.58. The number of nitrogens with zero attached hydrogens (tertiary/aromatic N) is 7. The van der Waals surface area contributed by atoms with Crippen LogP contribution < -0.4 is 4.90 Å². The van der Waals surface area contributed by atoms with Crippen LogP contribution in [0.2, 0.25) is 5.02 Å². The maximum Gasteiger partial charge on any atom is 0.403 e. The van der Waals surface area contributed by atoms with Crippen molar-refractivity contribution in [3.8, 4) is 11.8 Å². The number of aryl methyl sites for hydroxylation is 1. The molecule has 2 aliphatic heterocycles. The highest BCUT2D eigenvalue weighted by atomic mass is 35.5. The Hall–Kier alpha value is -3.16. The van der Waals surface area contributed by atoms with Crippen molar-refractivity contribution in [1.29, 1.82) is 5.26 Å². The molecule has 4 heterocycles. The minimum Gasteiger partial charge on any atom is -0.355 e. The summed E-state index contributed by atoms with van der Waals surface area (Å²) < 4.78 is 42.8. The number of fused-ring (bicyclic) bond motifs is 3. The summed E-state index contributed by atoms with van der Waals surface area (Å²) in [6.45, 7) is 4.96. The van der Waals surface area contributed by atoms with Gasteiger partial charge in [-0.15, -0.1) is 10.2 Å². The van der Waals surface area contributed by atoms with Gasteiger partial charge in [-0.1, -0.05) is 11.6 Å². The molecule has 1 aromatic carbocycles. The summed E-state index contributed by atoms with van der Waals surface area (Å²) in [5, 5.41) is 18.5. The number of pyridine rings is 1. The molecule has 7 nitrogen and oxygen atoms in total. The van der Waals surface area contributed by atoms with Crippen LogP contribution in [0.1, 0.15) is 54.2 Å². The van der Waals surface area contributed by atoms with Crippen LogP contribution in [0.3, 0.4) is 0 Å². The van der Waals surface area contributed by atoms with E-state index in [4.69, 9.17) is 16.9 Å². The summed E-state index contributed by atoms with van der Waals surface area (Å²) in [4.78, 5) is 8.18. The number of hydrogen-bond acceptors (Lipinski definition) is 6. The molecular formula is C26H25ClF3N7. The van der Waals surface area contributed by atoms with Crippen LogP contribution >= 0.6 is 11.6 Å². The van der Waals surface area contributed by atoms with Crippen LogP contribution in [0.5, 0.6) is 0 Å². The molecule has 0 bridgehead atoms. The zero-order valence-corrected chi connectivity index (χ0v) is 21.2.